The lowest BCUT2D eigenvalue weighted by Crippen LogP contribution is -2.34. The molecule has 0 aliphatic carbocycles. The molecule has 0 atom stereocenters. The molecule has 2 rings (SSSR count). The van der Waals surface area contributed by atoms with Crippen molar-refractivity contribution in [3.8, 4) is 0 Å². The van der Waals surface area contributed by atoms with Crippen LogP contribution in [0.3, 0.4) is 0 Å². The zero-order chi connectivity index (χ0) is 13.0. The van der Waals surface area contributed by atoms with Crippen LogP contribution in [0.1, 0.15) is 12.1 Å². The maximum absolute atomic E-state index is 11.5. The zero-order valence-corrected chi connectivity index (χ0v) is 11.4. The first-order chi connectivity index (χ1) is 8.55. The largest absolute Gasteiger partial charge is 0.296 e. The zero-order valence-electron chi connectivity index (χ0n) is 10.6. The number of aromatic nitrogens is 1. The minimum absolute atomic E-state index is 0.575. The van der Waals surface area contributed by atoms with Gasteiger partial charge in [-0.25, -0.2) is 12.7 Å². The summed E-state index contributed by atoms with van der Waals surface area (Å²) in [5.74, 6) is 0. The van der Waals surface area contributed by atoms with Crippen LogP contribution in [0.5, 0.6) is 0 Å². The predicted octanol–water partition coefficient (Wildman–Crippen LogP) is 0.549. The molecule has 1 aromatic heterocycles. The van der Waals surface area contributed by atoms with Gasteiger partial charge in [-0.1, -0.05) is 6.07 Å². The third-order valence-corrected chi connectivity index (χ3v) is 4.43. The number of sulfonamides is 1. The fraction of sp³-hybridized carbons (Fsp3) is 0.583. The van der Waals surface area contributed by atoms with Crippen molar-refractivity contribution in [3.05, 3.63) is 30.1 Å². The second-order valence-corrected chi connectivity index (χ2v) is 6.60. The van der Waals surface area contributed by atoms with Gasteiger partial charge in [0.15, 0.2) is 0 Å². The van der Waals surface area contributed by atoms with Gasteiger partial charge in [0, 0.05) is 32.4 Å². The highest BCUT2D eigenvalue weighted by Gasteiger charge is 2.21. The molecule has 0 amide bonds. The van der Waals surface area contributed by atoms with Gasteiger partial charge in [0.25, 0.3) is 0 Å². The Kier molecular flexibility index (Phi) is 4.31. The third-order valence-electron chi connectivity index (χ3n) is 3.13. The van der Waals surface area contributed by atoms with E-state index in [1.54, 1.807) is 10.5 Å². The van der Waals surface area contributed by atoms with Crippen LogP contribution in [0.4, 0.5) is 0 Å². The summed E-state index contributed by atoms with van der Waals surface area (Å²) in [5, 5.41) is 0. The van der Waals surface area contributed by atoms with Crippen LogP contribution >= 0.6 is 0 Å². The average Bonchev–Trinajstić information content (AvgIpc) is 2.55. The highest BCUT2D eigenvalue weighted by Crippen LogP contribution is 2.09. The van der Waals surface area contributed by atoms with Crippen molar-refractivity contribution in [3.63, 3.8) is 0 Å². The van der Waals surface area contributed by atoms with Crippen molar-refractivity contribution < 1.29 is 8.42 Å². The summed E-state index contributed by atoms with van der Waals surface area (Å²) in [6, 6.07) is 5.87. The Labute approximate surface area is 108 Å². The van der Waals surface area contributed by atoms with Crippen LogP contribution in [0.25, 0.3) is 0 Å². The van der Waals surface area contributed by atoms with Gasteiger partial charge in [-0.3, -0.25) is 9.88 Å². The molecule has 0 N–H and O–H groups in total. The molecule has 1 aliphatic rings. The Balaban J connectivity index is 1.94. The molecule has 2 heterocycles. The Morgan fingerprint density at radius 2 is 2.06 bits per heavy atom. The molecule has 1 aromatic rings. The summed E-state index contributed by atoms with van der Waals surface area (Å²) in [6.07, 6.45) is 3.94. The SMILES string of the molecule is CS(=O)(=O)N1CCCN(Cc2ccccn2)CC1. The van der Waals surface area contributed by atoms with E-state index in [9.17, 15) is 8.42 Å². The molecule has 0 saturated carbocycles. The summed E-state index contributed by atoms with van der Waals surface area (Å²) >= 11 is 0. The standard InChI is InChI=1S/C12H19N3O2S/c1-18(16,17)15-8-4-7-14(9-10-15)11-12-5-2-3-6-13-12/h2-3,5-6H,4,7-11H2,1H3. The summed E-state index contributed by atoms with van der Waals surface area (Å²) < 4.78 is 24.6. The average molecular weight is 269 g/mol. The van der Waals surface area contributed by atoms with Crippen LogP contribution in [0, 0.1) is 0 Å². The van der Waals surface area contributed by atoms with E-state index in [1.165, 1.54) is 6.26 Å². The number of pyridine rings is 1. The Morgan fingerprint density at radius 3 is 2.72 bits per heavy atom. The fourth-order valence-electron chi connectivity index (χ4n) is 2.16. The molecular formula is C12H19N3O2S. The van der Waals surface area contributed by atoms with Crippen LogP contribution in [0.15, 0.2) is 24.4 Å². The number of nitrogens with zero attached hydrogens (tertiary/aromatic N) is 3. The van der Waals surface area contributed by atoms with E-state index in [2.05, 4.69) is 9.88 Å². The number of rotatable bonds is 3. The molecule has 1 saturated heterocycles. The maximum Gasteiger partial charge on any atom is 0.211 e. The molecule has 1 fully saturated rings. The van der Waals surface area contributed by atoms with E-state index >= 15 is 0 Å². The predicted molar refractivity (Wildman–Crippen MR) is 70.5 cm³/mol. The second kappa shape index (κ2) is 5.77. The molecule has 0 unspecified atom stereocenters. The molecule has 0 bridgehead atoms. The van der Waals surface area contributed by atoms with Crippen molar-refractivity contribution in [1.29, 1.82) is 0 Å². The van der Waals surface area contributed by atoms with Gasteiger partial charge in [-0.2, -0.15) is 0 Å². The smallest absolute Gasteiger partial charge is 0.211 e. The maximum atomic E-state index is 11.5. The summed E-state index contributed by atoms with van der Waals surface area (Å²) in [7, 11) is -3.05. The highest BCUT2D eigenvalue weighted by atomic mass is 32.2. The normalized spacial score (nSPS) is 19.6. The van der Waals surface area contributed by atoms with Crippen LogP contribution in [-0.2, 0) is 16.6 Å². The molecule has 18 heavy (non-hydrogen) atoms. The molecule has 5 nitrogen and oxygen atoms in total. The van der Waals surface area contributed by atoms with E-state index in [4.69, 9.17) is 0 Å². The Hall–Kier alpha value is -0.980. The summed E-state index contributed by atoms with van der Waals surface area (Å²) in [4.78, 5) is 6.56. The lowest BCUT2D eigenvalue weighted by molar-refractivity contribution is 0.275. The van der Waals surface area contributed by atoms with E-state index in [0.29, 0.717) is 13.1 Å². The van der Waals surface area contributed by atoms with Crippen molar-refractivity contribution in [2.45, 2.75) is 13.0 Å². The van der Waals surface area contributed by atoms with Gasteiger partial charge in [0.2, 0.25) is 10.0 Å². The van der Waals surface area contributed by atoms with Gasteiger partial charge in [-0.05, 0) is 25.1 Å². The van der Waals surface area contributed by atoms with Crippen LogP contribution < -0.4 is 0 Å². The van der Waals surface area contributed by atoms with Crippen molar-refractivity contribution in [2.75, 3.05) is 32.4 Å². The van der Waals surface area contributed by atoms with Crippen molar-refractivity contribution in [2.24, 2.45) is 0 Å². The topological polar surface area (TPSA) is 53.5 Å². The highest BCUT2D eigenvalue weighted by molar-refractivity contribution is 7.88. The Bertz CT molecular complexity index is 475. The van der Waals surface area contributed by atoms with E-state index in [-0.39, 0.29) is 0 Å². The molecule has 1 aliphatic heterocycles. The summed E-state index contributed by atoms with van der Waals surface area (Å²) in [6.45, 7) is 3.67. The van der Waals surface area contributed by atoms with Gasteiger partial charge in [0.05, 0.1) is 11.9 Å². The number of hydrogen-bond acceptors (Lipinski definition) is 4. The van der Waals surface area contributed by atoms with Crippen LogP contribution in [0.2, 0.25) is 0 Å². The van der Waals surface area contributed by atoms with Crippen LogP contribution in [-0.4, -0.2) is 55.0 Å². The quantitative estimate of drug-likeness (QED) is 0.804. The molecule has 100 valence electrons. The summed E-state index contributed by atoms with van der Waals surface area (Å²) in [5.41, 5.74) is 1.03. The molecule has 6 heteroatoms. The van der Waals surface area contributed by atoms with Crippen molar-refractivity contribution in [1.82, 2.24) is 14.2 Å². The second-order valence-electron chi connectivity index (χ2n) is 4.61. The van der Waals surface area contributed by atoms with Gasteiger partial charge in [-0.15, -0.1) is 0 Å². The monoisotopic (exact) mass is 269 g/mol. The lowest BCUT2D eigenvalue weighted by atomic mass is 10.3. The number of hydrogen-bond donors (Lipinski definition) is 0. The van der Waals surface area contributed by atoms with Gasteiger partial charge >= 0.3 is 0 Å². The Morgan fingerprint density at radius 1 is 1.22 bits per heavy atom. The first-order valence-electron chi connectivity index (χ1n) is 6.13. The van der Waals surface area contributed by atoms with Crippen molar-refractivity contribution >= 4 is 10.0 Å². The fourth-order valence-corrected chi connectivity index (χ4v) is 3.03. The third kappa shape index (κ3) is 3.76. The van der Waals surface area contributed by atoms with E-state index in [1.807, 2.05) is 18.2 Å². The molecule has 0 aromatic carbocycles. The van der Waals surface area contributed by atoms with Gasteiger partial charge < -0.3 is 0 Å². The van der Waals surface area contributed by atoms with E-state index in [0.717, 1.165) is 31.7 Å². The lowest BCUT2D eigenvalue weighted by Gasteiger charge is -2.20. The molecule has 0 spiro atoms. The molecule has 0 radical (unpaired) electrons. The minimum Gasteiger partial charge on any atom is -0.296 e. The minimum atomic E-state index is -3.05. The van der Waals surface area contributed by atoms with Gasteiger partial charge in [0.1, 0.15) is 0 Å². The van der Waals surface area contributed by atoms with E-state index < -0.39 is 10.0 Å². The first-order valence-corrected chi connectivity index (χ1v) is 7.98. The first kappa shape index (κ1) is 13.5. The molecular weight excluding hydrogens is 250 g/mol.